The van der Waals surface area contributed by atoms with Crippen molar-refractivity contribution >= 4 is 17.4 Å². The third-order valence-corrected chi connectivity index (χ3v) is 5.03. The van der Waals surface area contributed by atoms with Gasteiger partial charge in [-0.3, -0.25) is 4.79 Å². The van der Waals surface area contributed by atoms with Crippen LogP contribution in [0.25, 0.3) is 11.3 Å². The van der Waals surface area contributed by atoms with E-state index in [1.165, 1.54) is 23.6 Å². The van der Waals surface area contributed by atoms with Gasteiger partial charge >= 0.3 is 0 Å². The second-order valence-electron chi connectivity index (χ2n) is 7.75. The molecule has 1 aliphatic heterocycles. The Balaban J connectivity index is 1.72. The Labute approximate surface area is 178 Å². The lowest BCUT2D eigenvalue weighted by atomic mass is 10.1. The molecule has 0 atom stereocenters. The van der Waals surface area contributed by atoms with Crippen molar-refractivity contribution in [3.63, 3.8) is 0 Å². The van der Waals surface area contributed by atoms with E-state index >= 15 is 0 Å². The summed E-state index contributed by atoms with van der Waals surface area (Å²) >= 11 is 0. The highest BCUT2D eigenvalue weighted by Crippen LogP contribution is 2.37. The molecule has 3 aromatic rings. The molecule has 1 fully saturated rings. The summed E-state index contributed by atoms with van der Waals surface area (Å²) in [5, 5.41) is 2.82. The minimum Gasteiger partial charge on any atom is -0.349 e. The van der Waals surface area contributed by atoms with Crippen LogP contribution in [0.3, 0.4) is 0 Å². The maximum absolute atomic E-state index is 13.9. The van der Waals surface area contributed by atoms with E-state index in [4.69, 9.17) is 0 Å². The lowest BCUT2D eigenvalue weighted by Gasteiger charge is -2.22. The number of hydrogen-bond acceptors (Lipinski definition) is 6. The molecule has 3 heterocycles. The van der Waals surface area contributed by atoms with Crippen molar-refractivity contribution in [2.24, 2.45) is 0 Å². The minimum atomic E-state index is -2.81. The first-order chi connectivity index (χ1) is 14.8. The highest BCUT2D eigenvalue weighted by atomic mass is 19.3. The van der Waals surface area contributed by atoms with Crippen molar-refractivity contribution in [3.8, 4) is 11.3 Å². The van der Waals surface area contributed by atoms with Crippen LogP contribution in [0.5, 0.6) is 0 Å². The fourth-order valence-corrected chi connectivity index (χ4v) is 3.40. The Kier molecular flexibility index (Phi) is 5.58. The number of carbonyl (C=O) groups is 1. The van der Waals surface area contributed by atoms with Crippen molar-refractivity contribution in [1.82, 2.24) is 19.9 Å². The van der Waals surface area contributed by atoms with Gasteiger partial charge in [0.2, 0.25) is 0 Å². The molecule has 0 radical (unpaired) electrons. The SMILES string of the molecule is CC(C)c1ncc(C(=O)Nc2c(-c3ccccc3)ncnc2N2CCC(F)(F)C2)cn1. The zero-order valence-corrected chi connectivity index (χ0v) is 17.2. The van der Waals surface area contributed by atoms with E-state index in [0.29, 0.717) is 11.5 Å². The van der Waals surface area contributed by atoms with Crippen LogP contribution < -0.4 is 10.2 Å². The highest BCUT2D eigenvalue weighted by molar-refractivity contribution is 6.07. The van der Waals surface area contributed by atoms with Crippen LogP contribution in [0.2, 0.25) is 0 Å². The maximum atomic E-state index is 13.9. The molecule has 160 valence electrons. The zero-order valence-electron chi connectivity index (χ0n) is 17.2. The molecule has 1 aliphatic rings. The fraction of sp³-hybridized carbons (Fsp3) is 0.318. The summed E-state index contributed by atoms with van der Waals surface area (Å²) in [4.78, 5) is 31.5. The number of benzene rings is 1. The lowest BCUT2D eigenvalue weighted by Crippen LogP contribution is -2.27. The number of nitrogens with zero attached hydrogens (tertiary/aromatic N) is 5. The quantitative estimate of drug-likeness (QED) is 0.662. The first-order valence-corrected chi connectivity index (χ1v) is 10.0. The second kappa shape index (κ2) is 8.33. The van der Waals surface area contributed by atoms with Crippen molar-refractivity contribution in [2.75, 3.05) is 23.3 Å². The molecule has 0 bridgehead atoms. The molecular formula is C22H22F2N6O. The number of alkyl halides is 2. The summed E-state index contributed by atoms with van der Waals surface area (Å²) in [5.74, 6) is -2.24. The van der Waals surface area contributed by atoms with Gasteiger partial charge in [-0.1, -0.05) is 44.2 Å². The number of hydrogen-bond donors (Lipinski definition) is 1. The summed E-state index contributed by atoms with van der Waals surface area (Å²) in [5.41, 5.74) is 1.72. The van der Waals surface area contributed by atoms with Crippen LogP contribution in [0.15, 0.2) is 49.1 Å². The average Bonchev–Trinajstić information content (AvgIpc) is 3.14. The Morgan fingerprint density at radius 2 is 1.81 bits per heavy atom. The van der Waals surface area contributed by atoms with E-state index in [-0.39, 0.29) is 36.0 Å². The molecule has 4 rings (SSSR count). The van der Waals surface area contributed by atoms with Crippen LogP contribution in [0, 0.1) is 0 Å². The molecular weight excluding hydrogens is 402 g/mol. The Morgan fingerprint density at radius 3 is 2.42 bits per heavy atom. The summed E-state index contributed by atoms with van der Waals surface area (Å²) in [6.45, 7) is 3.59. The second-order valence-corrected chi connectivity index (χ2v) is 7.75. The molecule has 1 amide bonds. The van der Waals surface area contributed by atoms with Gasteiger partial charge in [0.15, 0.2) is 5.82 Å². The van der Waals surface area contributed by atoms with E-state index in [0.717, 1.165) is 5.56 Å². The Hall–Kier alpha value is -3.49. The normalized spacial score (nSPS) is 15.3. The molecule has 0 unspecified atom stereocenters. The first kappa shape index (κ1) is 20.8. The molecule has 7 nitrogen and oxygen atoms in total. The van der Waals surface area contributed by atoms with Crippen molar-refractivity contribution in [3.05, 3.63) is 60.4 Å². The average molecular weight is 424 g/mol. The van der Waals surface area contributed by atoms with Crippen LogP contribution in [0.1, 0.15) is 42.4 Å². The maximum Gasteiger partial charge on any atom is 0.266 e. The van der Waals surface area contributed by atoms with Crippen molar-refractivity contribution < 1.29 is 13.6 Å². The van der Waals surface area contributed by atoms with Gasteiger partial charge in [0.1, 0.15) is 17.8 Å². The van der Waals surface area contributed by atoms with Gasteiger partial charge in [-0.2, -0.15) is 0 Å². The van der Waals surface area contributed by atoms with Gasteiger partial charge in [-0.05, 0) is 0 Å². The number of carbonyl (C=O) groups excluding carboxylic acids is 1. The van der Waals surface area contributed by atoms with Gasteiger partial charge in [0.25, 0.3) is 11.8 Å². The molecule has 0 saturated carbocycles. The van der Waals surface area contributed by atoms with Gasteiger partial charge in [-0.25, -0.2) is 28.7 Å². The van der Waals surface area contributed by atoms with Gasteiger partial charge in [0.05, 0.1) is 17.8 Å². The Bertz CT molecular complexity index is 1070. The molecule has 1 saturated heterocycles. The molecule has 1 aromatic carbocycles. The summed E-state index contributed by atoms with van der Waals surface area (Å²) in [7, 11) is 0. The number of anilines is 2. The number of rotatable bonds is 5. The molecule has 0 spiro atoms. The largest absolute Gasteiger partial charge is 0.349 e. The molecule has 0 aliphatic carbocycles. The van der Waals surface area contributed by atoms with Crippen LogP contribution in [-0.2, 0) is 0 Å². The monoisotopic (exact) mass is 424 g/mol. The standard InChI is InChI=1S/C22H22F2N6O/c1-14(2)19-25-10-16(11-26-19)21(31)29-18-17(15-6-4-3-5-7-15)27-13-28-20(18)30-9-8-22(23,24)12-30/h3-7,10-11,13-14H,8-9,12H2,1-2H3,(H,29,31). The predicted molar refractivity (Wildman–Crippen MR) is 113 cm³/mol. The third kappa shape index (κ3) is 4.50. The van der Waals surface area contributed by atoms with Crippen molar-refractivity contribution in [1.29, 1.82) is 0 Å². The zero-order chi connectivity index (χ0) is 22.0. The summed E-state index contributed by atoms with van der Waals surface area (Å²) in [6.07, 6.45) is 3.96. The van der Waals surface area contributed by atoms with Gasteiger partial charge in [-0.15, -0.1) is 0 Å². The van der Waals surface area contributed by atoms with Crippen LogP contribution in [0.4, 0.5) is 20.3 Å². The lowest BCUT2D eigenvalue weighted by molar-refractivity contribution is 0.0257. The number of halogens is 2. The van der Waals surface area contributed by atoms with E-state index in [1.807, 2.05) is 44.2 Å². The number of amides is 1. The molecule has 2 aromatic heterocycles. The molecule has 1 N–H and O–H groups in total. The molecule has 9 heteroatoms. The topological polar surface area (TPSA) is 83.9 Å². The van der Waals surface area contributed by atoms with E-state index in [9.17, 15) is 13.6 Å². The highest BCUT2D eigenvalue weighted by Gasteiger charge is 2.40. The molecule has 31 heavy (non-hydrogen) atoms. The minimum absolute atomic E-state index is 0.132. The Morgan fingerprint density at radius 1 is 1.10 bits per heavy atom. The van der Waals surface area contributed by atoms with Gasteiger partial charge in [0, 0.05) is 36.8 Å². The van der Waals surface area contributed by atoms with E-state index < -0.39 is 18.4 Å². The van der Waals surface area contributed by atoms with Crippen LogP contribution >= 0.6 is 0 Å². The summed E-state index contributed by atoms with van der Waals surface area (Å²) in [6, 6.07) is 9.21. The van der Waals surface area contributed by atoms with Crippen LogP contribution in [-0.4, -0.2) is 44.9 Å². The first-order valence-electron chi connectivity index (χ1n) is 10.0. The number of aromatic nitrogens is 4. The summed E-state index contributed by atoms with van der Waals surface area (Å²) < 4.78 is 27.8. The van der Waals surface area contributed by atoms with Gasteiger partial charge < -0.3 is 10.2 Å². The predicted octanol–water partition coefficient (Wildman–Crippen LogP) is 4.15. The van der Waals surface area contributed by atoms with E-state index in [1.54, 1.807) is 0 Å². The fourth-order valence-electron chi connectivity index (χ4n) is 3.40. The van der Waals surface area contributed by atoms with E-state index in [2.05, 4.69) is 25.3 Å². The smallest absolute Gasteiger partial charge is 0.266 e. The third-order valence-electron chi connectivity index (χ3n) is 5.03. The number of nitrogens with one attached hydrogen (secondary N) is 1. The van der Waals surface area contributed by atoms with Crippen molar-refractivity contribution in [2.45, 2.75) is 32.1 Å².